The molecule has 0 spiro atoms. The molecule has 2 aliphatic rings. The number of hydrogen-bond acceptors (Lipinski definition) is 3. The quantitative estimate of drug-likeness (QED) is 0.806. The molecule has 2 N–H and O–H groups in total. The maximum Gasteiger partial charge on any atom is 0.0332 e. The molecule has 112 valence electrons. The lowest BCUT2D eigenvalue weighted by molar-refractivity contribution is 0.0809. The van der Waals surface area contributed by atoms with Crippen molar-refractivity contribution in [3.63, 3.8) is 0 Å². The molecule has 0 amide bonds. The van der Waals surface area contributed by atoms with E-state index in [9.17, 15) is 0 Å². The van der Waals surface area contributed by atoms with Gasteiger partial charge in [-0.1, -0.05) is 33.6 Å². The molecule has 19 heavy (non-hydrogen) atoms. The minimum atomic E-state index is 0.318. The largest absolute Gasteiger partial charge is 0.329 e. The van der Waals surface area contributed by atoms with Gasteiger partial charge < -0.3 is 5.73 Å². The lowest BCUT2D eigenvalue weighted by Crippen LogP contribution is -2.57. The van der Waals surface area contributed by atoms with Crippen molar-refractivity contribution in [1.82, 2.24) is 4.90 Å². The van der Waals surface area contributed by atoms with E-state index in [1.165, 1.54) is 50.9 Å². The van der Waals surface area contributed by atoms with Crippen LogP contribution in [0.1, 0.15) is 52.9 Å². The highest BCUT2D eigenvalue weighted by Gasteiger charge is 2.39. The van der Waals surface area contributed by atoms with Crippen molar-refractivity contribution in [1.29, 1.82) is 0 Å². The summed E-state index contributed by atoms with van der Waals surface area (Å²) in [4.78, 5) is 2.75. The van der Waals surface area contributed by atoms with E-state index in [1.807, 2.05) is 0 Å². The van der Waals surface area contributed by atoms with Gasteiger partial charge in [-0.3, -0.25) is 4.90 Å². The molecule has 2 fully saturated rings. The molecule has 1 heterocycles. The van der Waals surface area contributed by atoms with E-state index >= 15 is 0 Å². The van der Waals surface area contributed by atoms with Gasteiger partial charge in [0.05, 0.1) is 0 Å². The Kier molecular flexibility index (Phi) is 5.62. The van der Waals surface area contributed by atoms with Crippen LogP contribution in [0.5, 0.6) is 0 Å². The molecule has 0 radical (unpaired) electrons. The van der Waals surface area contributed by atoms with Crippen LogP contribution in [-0.2, 0) is 0 Å². The summed E-state index contributed by atoms with van der Waals surface area (Å²) in [6.45, 7) is 10.5. The molecule has 1 aliphatic heterocycles. The minimum Gasteiger partial charge on any atom is -0.329 e. The van der Waals surface area contributed by atoms with Gasteiger partial charge in [0, 0.05) is 36.2 Å². The molecule has 3 unspecified atom stereocenters. The summed E-state index contributed by atoms with van der Waals surface area (Å²) in [5.74, 6) is 3.05. The highest BCUT2D eigenvalue weighted by atomic mass is 32.2. The smallest absolute Gasteiger partial charge is 0.0332 e. The average molecular weight is 285 g/mol. The maximum atomic E-state index is 6.26. The summed E-state index contributed by atoms with van der Waals surface area (Å²) in [5.41, 5.74) is 6.58. The molecular weight excluding hydrogens is 252 g/mol. The van der Waals surface area contributed by atoms with E-state index in [0.717, 1.165) is 23.6 Å². The van der Waals surface area contributed by atoms with Crippen LogP contribution in [0.2, 0.25) is 0 Å². The summed E-state index contributed by atoms with van der Waals surface area (Å²) < 4.78 is 0. The van der Waals surface area contributed by atoms with Gasteiger partial charge in [0.2, 0.25) is 0 Å². The van der Waals surface area contributed by atoms with Crippen LogP contribution in [0.4, 0.5) is 0 Å². The van der Waals surface area contributed by atoms with Crippen molar-refractivity contribution < 1.29 is 0 Å². The Balaban J connectivity index is 2.05. The number of hydrogen-bond donors (Lipinski definition) is 1. The Morgan fingerprint density at radius 1 is 1.32 bits per heavy atom. The third-order valence-electron chi connectivity index (χ3n) is 5.43. The van der Waals surface area contributed by atoms with Crippen LogP contribution in [0.15, 0.2) is 0 Å². The monoisotopic (exact) mass is 284 g/mol. The molecule has 0 aromatic heterocycles. The van der Waals surface area contributed by atoms with Crippen LogP contribution in [-0.4, -0.2) is 41.1 Å². The maximum absolute atomic E-state index is 6.26. The molecule has 0 aromatic carbocycles. The topological polar surface area (TPSA) is 29.3 Å². The Morgan fingerprint density at radius 3 is 2.74 bits per heavy atom. The van der Waals surface area contributed by atoms with Crippen LogP contribution in [0, 0.1) is 11.8 Å². The van der Waals surface area contributed by atoms with Crippen molar-refractivity contribution in [3.8, 4) is 0 Å². The standard InChI is InChI=1S/C16H32N2S/c1-13(2)15-5-4-7-16(12-17,8-6-15)18-9-10-19-14(3)11-18/h13-15H,4-12,17H2,1-3H3. The number of nitrogens with zero attached hydrogens (tertiary/aromatic N) is 1. The summed E-state index contributed by atoms with van der Waals surface area (Å²) in [7, 11) is 0. The van der Waals surface area contributed by atoms with Crippen molar-refractivity contribution >= 4 is 11.8 Å². The Morgan fingerprint density at radius 2 is 2.11 bits per heavy atom. The highest BCUT2D eigenvalue weighted by molar-refractivity contribution is 7.99. The molecular formula is C16H32N2S. The van der Waals surface area contributed by atoms with E-state index < -0.39 is 0 Å². The lowest BCUT2D eigenvalue weighted by atomic mass is 9.85. The fourth-order valence-electron chi connectivity index (χ4n) is 3.98. The van der Waals surface area contributed by atoms with Gasteiger partial charge in [0.25, 0.3) is 0 Å². The van der Waals surface area contributed by atoms with Crippen LogP contribution < -0.4 is 5.73 Å². The second-order valence-corrected chi connectivity index (χ2v) is 8.54. The molecule has 1 saturated carbocycles. The second-order valence-electron chi connectivity index (χ2n) is 6.99. The Labute approximate surface area is 123 Å². The summed E-state index contributed by atoms with van der Waals surface area (Å²) in [5, 5.41) is 0.779. The molecule has 3 heteroatoms. The van der Waals surface area contributed by atoms with E-state index in [2.05, 4.69) is 37.4 Å². The SMILES string of the molecule is CC1CN(C2(CN)CCCC(C(C)C)CC2)CCS1. The fraction of sp³-hybridized carbons (Fsp3) is 1.00. The Hall–Kier alpha value is 0.270. The van der Waals surface area contributed by atoms with Gasteiger partial charge in [0.1, 0.15) is 0 Å². The van der Waals surface area contributed by atoms with Gasteiger partial charge in [0.15, 0.2) is 0 Å². The number of rotatable bonds is 3. The van der Waals surface area contributed by atoms with Crippen molar-refractivity contribution in [2.75, 3.05) is 25.4 Å². The zero-order valence-corrected chi connectivity index (χ0v) is 13.8. The second kappa shape index (κ2) is 6.82. The molecule has 1 saturated heterocycles. The van der Waals surface area contributed by atoms with Crippen LogP contribution in [0.25, 0.3) is 0 Å². The third-order valence-corrected chi connectivity index (χ3v) is 6.57. The normalized spacial score (nSPS) is 38.4. The molecule has 0 bridgehead atoms. The fourth-order valence-corrected chi connectivity index (χ4v) is 5.00. The summed E-state index contributed by atoms with van der Waals surface area (Å²) in [6, 6.07) is 0. The third kappa shape index (κ3) is 3.68. The van der Waals surface area contributed by atoms with Crippen molar-refractivity contribution in [2.24, 2.45) is 17.6 Å². The van der Waals surface area contributed by atoms with Gasteiger partial charge >= 0.3 is 0 Å². The first-order chi connectivity index (χ1) is 9.07. The lowest BCUT2D eigenvalue weighted by Gasteiger charge is -2.46. The first kappa shape index (κ1) is 15.7. The van der Waals surface area contributed by atoms with E-state index in [0.29, 0.717) is 5.54 Å². The zero-order valence-electron chi connectivity index (χ0n) is 13.0. The van der Waals surface area contributed by atoms with Gasteiger partial charge in [-0.2, -0.15) is 11.8 Å². The summed E-state index contributed by atoms with van der Waals surface area (Å²) >= 11 is 2.12. The van der Waals surface area contributed by atoms with Crippen molar-refractivity contribution in [3.05, 3.63) is 0 Å². The van der Waals surface area contributed by atoms with Gasteiger partial charge in [-0.05, 0) is 31.1 Å². The van der Waals surface area contributed by atoms with Gasteiger partial charge in [-0.15, -0.1) is 0 Å². The van der Waals surface area contributed by atoms with E-state index in [1.54, 1.807) is 0 Å². The molecule has 0 aromatic rings. The number of thioether (sulfide) groups is 1. The molecule has 2 rings (SSSR count). The highest BCUT2D eigenvalue weighted by Crippen LogP contribution is 2.38. The summed E-state index contributed by atoms with van der Waals surface area (Å²) in [6.07, 6.45) is 6.82. The minimum absolute atomic E-state index is 0.318. The molecule has 2 nitrogen and oxygen atoms in total. The van der Waals surface area contributed by atoms with Crippen LogP contribution >= 0.6 is 11.8 Å². The van der Waals surface area contributed by atoms with E-state index in [4.69, 9.17) is 5.73 Å². The first-order valence-electron chi connectivity index (χ1n) is 8.14. The van der Waals surface area contributed by atoms with Crippen molar-refractivity contribution in [2.45, 2.75) is 63.7 Å². The predicted molar refractivity (Wildman–Crippen MR) is 86.7 cm³/mol. The molecule has 1 aliphatic carbocycles. The van der Waals surface area contributed by atoms with Crippen LogP contribution in [0.3, 0.4) is 0 Å². The predicted octanol–water partition coefficient (Wildman–Crippen LogP) is 3.36. The average Bonchev–Trinajstić information content (AvgIpc) is 2.62. The number of nitrogens with two attached hydrogens (primary N) is 1. The Bertz CT molecular complexity index is 282. The zero-order chi connectivity index (χ0) is 13.9. The van der Waals surface area contributed by atoms with E-state index in [-0.39, 0.29) is 0 Å². The van der Waals surface area contributed by atoms with Gasteiger partial charge in [-0.25, -0.2) is 0 Å². The molecule has 3 atom stereocenters. The first-order valence-corrected chi connectivity index (χ1v) is 9.19.